The van der Waals surface area contributed by atoms with E-state index in [2.05, 4.69) is 38.0 Å². The van der Waals surface area contributed by atoms with Crippen LogP contribution < -0.4 is 10.3 Å². The number of aromatic nitrogens is 2. The lowest BCUT2D eigenvalue weighted by molar-refractivity contribution is 0.431. The molecule has 3 aromatic carbocycles. The lowest BCUT2D eigenvalue weighted by Gasteiger charge is -2.28. The average Bonchev–Trinajstić information content (AvgIpc) is 2.67. The molecule has 4 nitrogen and oxygen atoms in total. The van der Waals surface area contributed by atoms with Crippen molar-refractivity contribution in [2.45, 2.75) is 5.92 Å². The molecule has 0 saturated carbocycles. The molecule has 1 unspecified atom stereocenters. The van der Waals surface area contributed by atoms with Crippen LogP contribution in [0.25, 0.3) is 10.8 Å². The van der Waals surface area contributed by atoms with Crippen LogP contribution in [0.3, 0.4) is 0 Å². The minimum atomic E-state index is -0.245. The third-order valence-corrected chi connectivity index (χ3v) is 5.30. The van der Waals surface area contributed by atoms with Crippen LogP contribution in [-0.4, -0.2) is 9.97 Å². The number of benzene rings is 3. The molecule has 26 heavy (non-hydrogen) atoms. The highest BCUT2D eigenvalue weighted by Crippen LogP contribution is 2.47. The number of H-pyrrole nitrogens is 1. The first-order chi connectivity index (χ1) is 12.7. The van der Waals surface area contributed by atoms with Crippen LogP contribution in [0.1, 0.15) is 22.6 Å². The average molecular weight is 405 g/mol. The number of aromatic amines is 1. The second-order valence-electron chi connectivity index (χ2n) is 6.24. The van der Waals surface area contributed by atoms with E-state index < -0.39 is 0 Å². The van der Waals surface area contributed by atoms with Gasteiger partial charge in [-0.3, -0.25) is 4.79 Å². The third kappa shape index (κ3) is 2.28. The number of nitrogens with zero attached hydrogens (tertiary/aromatic N) is 1. The summed E-state index contributed by atoms with van der Waals surface area (Å²) in [6.07, 6.45) is 1.38. The van der Waals surface area contributed by atoms with Crippen molar-refractivity contribution >= 4 is 26.7 Å². The van der Waals surface area contributed by atoms with Crippen LogP contribution in [0.4, 0.5) is 0 Å². The Morgan fingerprint density at radius 2 is 1.77 bits per heavy atom. The number of hydrogen-bond acceptors (Lipinski definition) is 3. The fourth-order valence-electron chi connectivity index (χ4n) is 3.63. The summed E-state index contributed by atoms with van der Waals surface area (Å²) in [5.41, 5.74) is 2.38. The van der Waals surface area contributed by atoms with Gasteiger partial charge in [0.1, 0.15) is 5.75 Å². The highest BCUT2D eigenvalue weighted by Gasteiger charge is 2.33. The van der Waals surface area contributed by atoms with E-state index in [-0.39, 0.29) is 11.5 Å². The molecule has 0 radical (unpaired) electrons. The van der Waals surface area contributed by atoms with Crippen molar-refractivity contribution in [1.82, 2.24) is 9.97 Å². The quantitative estimate of drug-likeness (QED) is 0.428. The van der Waals surface area contributed by atoms with Crippen molar-refractivity contribution in [2.75, 3.05) is 0 Å². The van der Waals surface area contributed by atoms with Crippen LogP contribution in [0.2, 0.25) is 0 Å². The summed E-state index contributed by atoms with van der Waals surface area (Å²) >= 11 is 3.48. The van der Waals surface area contributed by atoms with E-state index in [4.69, 9.17) is 4.74 Å². The number of halogens is 1. The van der Waals surface area contributed by atoms with Crippen molar-refractivity contribution in [2.24, 2.45) is 0 Å². The molecule has 5 rings (SSSR count). The van der Waals surface area contributed by atoms with Gasteiger partial charge < -0.3 is 9.72 Å². The topological polar surface area (TPSA) is 55.0 Å². The van der Waals surface area contributed by atoms with Gasteiger partial charge in [-0.15, -0.1) is 0 Å². The van der Waals surface area contributed by atoms with Crippen molar-refractivity contribution in [3.8, 4) is 11.6 Å². The Balaban J connectivity index is 1.89. The second kappa shape index (κ2) is 5.81. The van der Waals surface area contributed by atoms with Crippen LogP contribution >= 0.6 is 15.9 Å². The Labute approximate surface area is 157 Å². The summed E-state index contributed by atoms with van der Waals surface area (Å²) in [5.74, 6) is 0.858. The van der Waals surface area contributed by atoms with Crippen LogP contribution in [-0.2, 0) is 0 Å². The number of rotatable bonds is 1. The van der Waals surface area contributed by atoms with E-state index in [1.165, 1.54) is 6.33 Å². The van der Waals surface area contributed by atoms with Crippen LogP contribution in [0.15, 0.2) is 76.3 Å². The molecule has 1 aliphatic heterocycles. The maximum absolute atomic E-state index is 12.7. The van der Waals surface area contributed by atoms with Crippen molar-refractivity contribution < 1.29 is 4.74 Å². The molecule has 0 amide bonds. The van der Waals surface area contributed by atoms with Gasteiger partial charge in [0, 0.05) is 16.0 Å². The summed E-state index contributed by atoms with van der Waals surface area (Å²) in [6, 6.07) is 20.2. The lowest BCUT2D eigenvalue weighted by atomic mass is 9.81. The standard InChI is InChI=1S/C21H13BrN2O2/c22-14-8-5-13(6-9-14)17-18-15-4-2-1-3-12(15)7-10-16(18)26-21-19(17)20(25)23-11-24-21/h1-11,17H,(H,23,24,25). The first-order valence-electron chi connectivity index (χ1n) is 8.25. The molecule has 0 fully saturated rings. The predicted molar refractivity (Wildman–Crippen MR) is 104 cm³/mol. The molecule has 2 heterocycles. The number of ether oxygens (including phenoxy) is 1. The highest BCUT2D eigenvalue weighted by molar-refractivity contribution is 9.10. The maximum atomic E-state index is 12.7. The largest absolute Gasteiger partial charge is 0.438 e. The van der Waals surface area contributed by atoms with Gasteiger partial charge in [-0.05, 0) is 34.5 Å². The van der Waals surface area contributed by atoms with E-state index in [0.29, 0.717) is 11.4 Å². The Hall–Kier alpha value is -2.92. The molecule has 126 valence electrons. The van der Waals surface area contributed by atoms with E-state index in [9.17, 15) is 4.79 Å². The number of hydrogen-bond donors (Lipinski definition) is 1. The fraction of sp³-hybridized carbons (Fsp3) is 0.0476. The highest BCUT2D eigenvalue weighted by atomic mass is 79.9. The van der Waals surface area contributed by atoms with Crippen molar-refractivity contribution in [1.29, 1.82) is 0 Å². The minimum Gasteiger partial charge on any atom is -0.438 e. The summed E-state index contributed by atoms with van der Waals surface area (Å²) in [4.78, 5) is 19.6. The normalized spacial score (nSPS) is 15.2. The van der Waals surface area contributed by atoms with Gasteiger partial charge in [-0.1, -0.05) is 58.4 Å². The molecule has 4 aromatic rings. The number of fused-ring (bicyclic) bond motifs is 4. The van der Waals surface area contributed by atoms with Crippen LogP contribution in [0, 0.1) is 0 Å². The predicted octanol–water partition coefficient (Wildman–Crippen LogP) is 4.97. The van der Waals surface area contributed by atoms with Crippen molar-refractivity contribution in [3.63, 3.8) is 0 Å². The van der Waals surface area contributed by atoms with Gasteiger partial charge in [0.25, 0.3) is 5.56 Å². The lowest BCUT2D eigenvalue weighted by Crippen LogP contribution is -2.23. The summed E-state index contributed by atoms with van der Waals surface area (Å²) in [7, 11) is 0. The zero-order valence-electron chi connectivity index (χ0n) is 13.6. The molecule has 0 saturated heterocycles. The molecular weight excluding hydrogens is 392 g/mol. The first-order valence-corrected chi connectivity index (χ1v) is 9.04. The molecule has 5 heteroatoms. The molecule has 0 bridgehead atoms. The Bertz CT molecular complexity index is 1200. The molecular formula is C21H13BrN2O2. The third-order valence-electron chi connectivity index (χ3n) is 4.77. The first kappa shape index (κ1) is 15.3. The molecule has 1 N–H and O–H groups in total. The van der Waals surface area contributed by atoms with E-state index >= 15 is 0 Å². The van der Waals surface area contributed by atoms with Gasteiger partial charge in [0.2, 0.25) is 5.88 Å². The minimum absolute atomic E-state index is 0.179. The van der Waals surface area contributed by atoms with Gasteiger partial charge in [0.05, 0.1) is 11.9 Å². The van der Waals surface area contributed by atoms with Gasteiger partial charge in [-0.25, -0.2) is 4.98 Å². The van der Waals surface area contributed by atoms with Gasteiger partial charge in [0.15, 0.2) is 0 Å². The van der Waals surface area contributed by atoms with E-state index in [1.807, 2.05) is 48.5 Å². The zero-order valence-corrected chi connectivity index (χ0v) is 15.2. The monoisotopic (exact) mass is 404 g/mol. The Kier molecular flexibility index (Phi) is 3.43. The second-order valence-corrected chi connectivity index (χ2v) is 7.15. The Morgan fingerprint density at radius 3 is 2.62 bits per heavy atom. The molecule has 0 aliphatic carbocycles. The number of nitrogens with one attached hydrogen (secondary N) is 1. The zero-order chi connectivity index (χ0) is 17.7. The Morgan fingerprint density at radius 1 is 0.962 bits per heavy atom. The smallest absolute Gasteiger partial charge is 0.258 e. The maximum Gasteiger partial charge on any atom is 0.258 e. The SMILES string of the molecule is O=c1[nH]cnc2c1C(c1ccc(Br)cc1)c1c(ccc3ccccc13)O2. The molecule has 1 aromatic heterocycles. The molecule has 0 spiro atoms. The van der Waals surface area contributed by atoms with Crippen molar-refractivity contribution in [3.05, 3.63) is 98.5 Å². The van der Waals surface area contributed by atoms with Gasteiger partial charge in [-0.2, -0.15) is 0 Å². The summed E-state index contributed by atoms with van der Waals surface area (Å²) in [5, 5.41) is 2.19. The summed E-state index contributed by atoms with van der Waals surface area (Å²) in [6.45, 7) is 0. The molecule has 1 atom stereocenters. The van der Waals surface area contributed by atoms with Gasteiger partial charge >= 0.3 is 0 Å². The summed E-state index contributed by atoms with van der Waals surface area (Å²) < 4.78 is 6.99. The van der Waals surface area contributed by atoms with Crippen LogP contribution in [0.5, 0.6) is 11.6 Å². The fourth-order valence-corrected chi connectivity index (χ4v) is 3.89. The van der Waals surface area contributed by atoms with E-state index in [1.54, 1.807) is 0 Å². The molecule has 1 aliphatic rings. The van der Waals surface area contributed by atoms with E-state index in [0.717, 1.165) is 32.1 Å².